The Hall–Kier alpha value is -0.530. The van der Waals surface area contributed by atoms with Crippen LogP contribution in [0.5, 0.6) is 0 Å². The van der Waals surface area contributed by atoms with Gasteiger partial charge in [-0.05, 0) is 12.8 Å². The predicted molar refractivity (Wildman–Crippen MR) is 175 cm³/mol. The van der Waals surface area contributed by atoms with Crippen molar-refractivity contribution in [1.29, 1.82) is 0 Å². The van der Waals surface area contributed by atoms with E-state index in [0.717, 1.165) is 12.8 Å². The van der Waals surface area contributed by atoms with E-state index >= 15 is 0 Å². The Kier molecular flexibility index (Phi) is 35.0. The molecule has 0 atom stereocenters. The molecular weight excluding hydrogens is 476 g/mol. The SMILES string of the molecule is CCCCCCCCCCCCCCCCCCCCCCOC(=O)CCCCCCCCCCCCCC. The average molecular weight is 551 g/mol. The number of unbranched alkanes of at least 4 members (excludes halogenated alkanes) is 30. The van der Waals surface area contributed by atoms with Crippen LogP contribution in [0.3, 0.4) is 0 Å². The molecule has 0 spiro atoms. The van der Waals surface area contributed by atoms with Gasteiger partial charge in [0.2, 0.25) is 0 Å². The van der Waals surface area contributed by atoms with Crippen LogP contribution in [-0.4, -0.2) is 12.6 Å². The van der Waals surface area contributed by atoms with E-state index in [1.165, 1.54) is 193 Å². The number of hydrogen-bond acceptors (Lipinski definition) is 2. The first-order chi connectivity index (χ1) is 19.3. The zero-order valence-electron chi connectivity index (χ0n) is 27.4. The maximum absolute atomic E-state index is 11.9. The molecule has 0 aromatic rings. The van der Waals surface area contributed by atoms with Gasteiger partial charge in [0.15, 0.2) is 0 Å². The molecule has 0 amide bonds. The third-order valence-electron chi connectivity index (χ3n) is 8.50. The summed E-state index contributed by atoms with van der Waals surface area (Å²) in [6.07, 6.45) is 44.6. The third-order valence-corrected chi connectivity index (χ3v) is 8.50. The number of esters is 1. The lowest BCUT2D eigenvalue weighted by atomic mass is 10.0. The van der Waals surface area contributed by atoms with Crippen molar-refractivity contribution in [3.8, 4) is 0 Å². The fourth-order valence-corrected chi connectivity index (χ4v) is 5.73. The summed E-state index contributed by atoms with van der Waals surface area (Å²) in [6.45, 7) is 5.21. The summed E-state index contributed by atoms with van der Waals surface area (Å²) < 4.78 is 5.44. The van der Waals surface area contributed by atoms with Gasteiger partial charge in [-0.2, -0.15) is 0 Å². The lowest BCUT2D eigenvalue weighted by molar-refractivity contribution is -0.143. The summed E-state index contributed by atoms with van der Waals surface area (Å²) in [4.78, 5) is 11.9. The summed E-state index contributed by atoms with van der Waals surface area (Å²) in [5.41, 5.74) is 0. The van der Waals surface area contributed by atoms with Crippen LogP contribution in [0.1, 0.15) is 226 Å². The van der Waals surface area contributed by atoms with Gasteiger partial charge >= 0.3 is 5.97 Å². The number of hydrogen-bond donors (Lipinski definition) is 0. The van der Waals surface area contributed by atoms with Crippen LogP contribution in [0.25, 0.3) is 0 Å². The molecule has 2 heteroatoms. The van der Waals surface area contributed by atoms with E-state index in [0.29, 0.717) is 13.0 Å². The molecule has 0 radical (unpaired) electrons. The zero-order chi connectivity index (χ0) is 28.3. The fraction of sp³-hybridized carbons (Fsp3) is 0.973. The van der Waals surface area contributed by atoms with Gasteiger partial charge in [0.25, 0.3) is 0 Å². The van der Waals surface area contributed by atoms with Crippen LogP contribution in [0, 0.1) is 0 Å². The molecular formula is C37H74O2. The molecule has 0 unspecified atom stereocenters. The van der Waals surface area contributed by atoms with Gasteiger partial charge in [-0.3, -0.25) is 4.79 Å². The standard InChI is InChI=1S/C37H74O2/c1-3-5-7-9-11-13-15-17-18-19-20-21-22-23-24-26-28-30-32-34-36-39-37(38)35-33-31-29-27-25-16-14-12-10-8-6-4-2/h3-36H2,1-2H3. The molecule has 0 aliphatic carbocycles. The minimum atomic E-state index is 0.0277. The highest BCUT2D eigenvalue weighted by molar-refractivity contribution is 5.69. The van der Waals surface area contributed by atoms with Gasteiger partial charge in [0.1, 0.15) is 0 Å². The average Bonchev–Trinajstić information content (AvgIpc) is 2.94. The molecule has 39 heavy (non-hydrogen) atoms. The molecule has 0 rings (SSSR count). The summed E-state index contributed by atoms with van der Waals surface area (Å²) in [5.74, 6) is 0.0277. The highest BCUT2D eigenvalue weighted by Gasteiger charge is 2.03. The Morgan fingerprint density at radius 3 is 0.846 bits per heavy atom. The van der Waals surface area contributed by atoms with Crippen molar-refractivity contribution < 1.29 is 9.53 Å². The van der Waals surface area contributed by atoms with Gasteiger partial charge in [-0.15, -0.1) is 0 Å². The summed E-state index contributed by atoms with van der Waals surface area (Å²) in [5, 5.41) is 0. The van der Waals surface area contributed by atoms with E-state index in [4.69, 9.17) is 4.74 Å². The molecule has 0 saturated carbocycles. The lowest BCUT2D eigenvalue weighted by Gasteiger charge is -2.06. The Labute approximate surface area is 247 Å². The quantitative estimate of drug-likeness (QED) is 0.0588. The van der Waals surface area contributed by atoms with Crippen molar-refractivity contribution in [1.82, 2.24) is 0 Å². The van der Waals surface area contributed by atoms with Crippen molar-refractivity contribution in [2.45, 2.75) is 226 Å². The van der Waals surface area contributed by atoms with E-state index in [1.807, 2.05) is 0 Å². The normalized spacial score (nSPS) is 11.3. The molecule has 0 aromatic heterocycles. The van der Waals surface area contributed by atoms with Gasteiger partial charge in [-0.25, -0.2) is 0 Å². The topological polar surface area (TPSA) is 26.3 Å². The Bertz CT molecular complexity index is 447. The van der Waals surface area contributed by atoms with Crippen molar-refractivity contribution in [3.05, 3.63) is 0 Å². The first-order valence-electron chi connectivity index (χ1n) is 18.5. The Morgan fingerprint density at radius 2 is 0.564 bits per heavy atom. The highest BCUT2D eigenvalue weighted by atomic mass is 16.5. The van der Waals surface area contributed by atoms with E-state index in [2.05, 4.69) is 13.8 Å². The molecule has 0 aromatic carbocycles. The molecule has 2 nitrogen and oxygen atoms in total. The minimum absolute atomic E-state index is 0.0277. The maximum Gasteiger partial charge on any atom is 0.305 e. The van der Waals surface area contributed by atoms with Crippen LogP contribution in [0.2, 0.25) is 0 Å². The first-order valence-corrected chi connectivity index (χ1v) is 18.5. The highest BCUT2D eigenvalue weighted by Crippen LogP contribution is 2.15. The summed E-state index contributed by atoms with van der Waals surface area (Å²) >= 11 is 0. The lowest BCUT2D eigenvalue weighted by Crippen LogP contribution is -2.05. The number of ether oxygens (including phenoxy) is 1. The number of carbonyl (C=O) groups excluding carboxylic acids is 1. The molecule has 0 aliphatic rings. The van der Waals surface area contributed by atoms with Crippen molar-refractivity contribution in [3.63, 3.8) is 0 Å². The van der Waals surface area contributed by atoms with Crippen LogP contribution in [-0.2, 0) is 9.53 Å². The number of rotatable bonds is 34. The Balaban J connectivity index is 3.13. The fourth-order valence-electron chi connectivity index (χ4n) is 5.73. The van der Waals surface area contributed by atoms with Crippen molar-refractivity contribution in [2.24, 2.45) is 0 Å². The van der Waals surface area contributed by atoms with Gasteiger partial charge < -0.3 is 4.74 Å². The second kappa shape index (κ2) is 35.5. The molecule has 234 valence electrons. The van der Waals surface area contributed by atoms with E-state index < -0.39 is 0 Å². The first kappa shape index (κ1) is 38.5. The second-order valence-corrected chi connectivity index (χ2v) is 12.6. The maximum atomic E-state index is 11.9. The second-order valence-electron chi connectivity index (χ2n) is 12.6. The zero-order valence-corrected chi connectivity index (χ0v) is 27.4. The monoisotopic (exact) mass is 551 g/mol. The van der Waals surface area contributed by atoms with E-state index in [1.54, 1.807) is 0 Å². The van der Waals surface area contributed by atoms with E-state index in [9.17, 15) is 4.79 Å². The molecule has 0 heterocycles. The largest absolute Gasteiger partial charge is 0.466 e. The molecule has 0 N–H and O–H groups in total. The van der Waals surface area contributed by atoms with Crippen LogP contribution in [0.4, 0.5) is 0 Å². The molecule has 0 aliphatic heterocycles. The van der Waals surface area contributed by atoms with E-state index in [-0.39, 0.29) is 5.97 Å². The van der Waals surface area contributed by atoms with Crippen LogP contribution < -0.4 is 0 Å². The summed E-state index contributed by atoms with van der Waals surface area (Å²) in [6, 6.07) is 0. The van der Waals surface area contributed by atoms with Gasteiger partial charge in [0, 0.05) is 6.42 Å². The number of carbonyl (C=O) groups is 1. The van der Waals surface area contributed by atoms with Gasteiger partial charge in [0.05, 0.1) is 6.61 Å². The molecule has 0 saturated heterocycles. The molecule has 0 fully saturated rings. The van der Waals surface area contributed by atoms with Crippen molar-refractivity contribution in [2.75, 3.05) is 6.61 Å². The third kappa shape index (κ3) is 35.4. The van der Waals surface area contributed by atoms with Crippen LogP contribution >= 0.6 is 0 Å². The van der Waals surface area contributed by atoms with Crippen LogP contribution in [0.15, 0.2) is 0 Å². The smallest absolute Gasteiger partial charge is 0.305 e. The van der Waals surface area contributed by atoms with Gasteiger partial charge in [-0.1, -0.05) is 206 Å². The summed E-state index contributed by atoms with van der Waals surface area (Å²) in [7, 11) is 0. The Morgan fingerprint density at radius 1 is 0.333 bits per heavy atom. The molecule has 0 bridgehead atoms. The predicted octanol–water partition coefficient (Wildman–Crippen LogP) is 13.4. The minimum Gasteiger partial charge on any atom is -0.466 e. The van der Waals surface area contributed by atoms with Crippen molar-refractivity contribution >= 4 is 5.97 Å².